The van der Waals surface area contributed by atoms with Crippen molar-refractivity contribution < 1.29 is 4.79 Å². The molecule has 0 aromatic heterocycles. The maximum atomic E-state index is 12.0. The van der Waals surface area contributed by atoms with Crippen LogP contribution in [0.4, 0.5) is 0 Å². The number of carbonyl (C=O) groups excluding carboxylic acids is 1. The van der Waals surface area contributed by atoms with Gasteiger partial charge in [-0.15, -0.1) is 0 Å². The van der Waals surface area contributed by atoms with Gasteiger partial charge in [-0.1, -0.05) is 54.6 Å². The molecule has 2 aromatic rings. The van der Waals surface area contributed by atoms with Gasteiger partial charge in [0.05, 0.1) is 0 Å². The summed E-state index contributed by atoms with van der Waals surface area (Å²) < 4.78 is 0. The molecule has 0 saturated heterocycles. The summed E-state index contributed by atoms with van der Waals surface area (Å²) in [6.45, 7) is 1.48. The topological polar surface area (TPSA) is 32.3 Å². The molecule has 0 aliphatic heterocycles. The van der Waals surface area contributed by atoms with E-state index in [0.717, 1.165) is 13.0 Å². The van der Waals surface area contributed by atoms with Gasteiger partial charge >= 0.3 is 0 Å². The summed E-state index contributed by atoms with van der Waals surface area (Å²) >= 11 is 0. The molecular formula is C19H24N2O. The summed E-state index contributed by atoms with van der Waals surface area (Å²) in [7, 11) is 4.10. The molecule has 116 valence electrons. The Balaban J connectivity index is 1.83. The lowest BCUT2D eigenvalue weighted by atomic mass is 10.1. The van der Waals surface area contributed by atoms with Crippen molar-refractivity contribution in [1.82, 2.24) is 10.2 Å². The van der Waals surface area contributed by atoms with Crippen LogP contribution in [0.1, 0.15) is 23.1 Å². The first-order valence-electron chi connectivity index (χ1n) is 7.67. The zero-order valence-electron chi connectivity index (χ0n) is 13.4. The van der Waals surface area contributed by atoms with Crippen molar-refractivity contribution in [1.29, 1.82) is 0 Å². The number of nitrogens with zero attached hydrogens (tertiary/aromatic N) is 1. The highest BCUT2D eigenvalue weighted by atomic mass is 16.1. The summed E-state index contributed by atoms with van der Waals surface area (Å²) in [5.41, 5.74) is 3.64. The van der Waals surface area contributed by atoms with E-state index >= 15 is 0 Å². The fraction of sp³-hybridized carbons (Fsp3) is 0.316. The summed E-state index contributed by atoms with van der Waals surface area (Å²) in [4.78, 5) is 14.1. The molecule has 0 fully saturated rings. The van der Waals surface area contributed by atoms with E-state index in [9.17, 15) is 4.79 Å². The molecule has 0 saturated carbocycles. The first-order chi connectivity index (χ1) is 10.6. The SMILES string of the molecule is CN(C)Cc1ccccc1CNC(=O)CCc1ccccc1. The van der Waals surface area contributed by atoms with Gasteiger partial charge in [-0.3, -0.25) is 4.79 Å². The van der Waals surface area contributed by atoms with E-state index in [1.165, 1.54) is 16.7 Å². The average molecular weight is 296 g/mol. The minimum atomic E-state index is 0.100. The third-order valence-corrected chi connectivity index (χ3v) is 3.56. The molecule has 0 radical (unpaired) electrons. The number of rotatable bonds is 7. The Kier molecular flexibility index (Phi) is 6.16. The van der Waals surface area contributed by atoms with Gasteiger partial charge in [0.15, 0.2) is 0 Å². The lowest BCUT2D eigenvalue weighted by Crippen LogP contribution is -2.24. The van der Waals surface area contributed by atoms with Crippen molar-refractivity contribution in [3.05, 3.63) is 71.3 Å². The Hall–Kier alpha value is -2.13. The van der Waals surface area contributed by atoms with E-state index in [1.54, 1.807) is 0 Å². The molecule has 1 amide bonds. The molecular weight excluding hydrogens is 272 g/mol. The number of nitrogens with one attached hydrogen (secondary N) is 1. The van der Waals surface area contributed by atoms with Gasteiger partial charge < -0.3 is 10.2 Å². The zero-order chi connectivity index (χ0) is 15.8. The van der Waals surface area contributed by atoms with Gasteiger partial charge in [0, 0.05) is 19.5 Å². The molecule has 3 nitrogen and oxygen atoms in total. The van der Waals surface area contributed by atoms with Gasteiger partial charge in [0.25, 0.3) is 0 Å². The van der Waals surface area contributed by atoms with E-state index < -0.39 is 0 Å². The maximum Gasteiger partial charge on any atom is 0.220 e. The van der Waals surface area contributed by atoms with Crippen molar-refractivity contribution in [2.24, 2.45) is 0 Å². The second-order valence-electron chi connectivity index (χ2n) is 5.77. The molecule has 2 aromatic carbocycles. The summed E-state index contributed by atoms with van der Waals surface area (Å²) in [5.74, 6) is 0.100. The van der Waals surface area contributed by atoms with Crippen molar-refractivity contribution in [3.63, 3.8) is 0 Å². The number of aryl methyl sites for hydroxylation is 1. The van der Waals surface area contributed by atoms with Gasteiger partial charge in [-0.2, -0.15) is 0 Å². The molecule has 0 bridgehead atoms. The van der Waals surface area contributed by atoms with Crippen LogP contribution in [0.15, 0.2) is 54.6 Å². The first-order valence-corrected chi connectivity index (χ1v) is 7.67. The van der Waals surface area contributed by atoms with Crippen LogP contribution < -0.4 is 5.32 Å². The average Bonchev–Trinajstić information content (AvgIpc) is 2.52. The summed E-state index contributed by atoms with van der Waals surface area (Å²) in [5, 5.41) is 3.03. The molecule has 3 heteroatoms. The molecule has 0 unspecified atom stereocenters. The third kappa shape index (κ3) is 5.34. The standard InChI is InChI=1S/C19H24N2O/c1-21(2)15-18-11-7-6-10-17(18)14-20-19(22)13-12-16-8-4-3-5-9-16/h3-11H,12-15H2,1-2H3,(H,20,22). The minimum absolute atomic E-state index is 0.100. The molecule has 0 atom stereocenters. The van der Waals surface area contributed by atoms with Gasteiger partial charge in [-0.25, -0.2) is 0 Å². The van der Waals surface area contributed by atoms with Crippen LogP contribution in [-0.4, -0.2) is 24.9 Å². The predicted octanol–water partition coefficient (Wildman–Crippen LogP) is 3.00. The van der Waals surface area contributed by atoms with Crippen molar-refractivity contribution in [2.75, 3.05) is 14.1 Å². The highest BCUT2D eigenvalue weighted by Gasteiger charge is 2.06. The maximum absolute atomic E-state index is 12.0. The van der Waals surface area contributed by atoms with Crippen LogP contribution in [0.5, 0.6) is 0 Å². The normalized spacial score (nSPS) is 10.7. The second-order valence-corrected chi connectivity index (χ2v) is 5.77. The Bertz CT molecular complexity index is 593. The van der Waals surface area contributed by atoms with E-state index in [1.807, 2.05) is 30.3 Å². The summed E-state index contributed by atoms with van der Waals surface area (Å²) in [6.07, 6.45) is 1.31. The highest BCUT2D eigenvalue weighted by molar-refractivity contribution is 5.76. The Morgan fingerprint density at radius 3 is 2.27 bits per heavy atom. The Morgan fingerprint density at radius 1 is 0.955 bits per heavy atom. The number of hydrogen-bond acceptors (Lipinski definition) is 2. The Morgan fingerprint density at radius 2 is 1.59 bits per heavy atom. The van der Waals surface area contributed by atoms with E-state index in [2.05, 4.69) is 48.6 Å². The number of carbonyl (C=O) groups is 1. The monoisotopic (exact) mass is 296 g/mol. The number of hydrogen-bond donors (Lipinski definition) is 1. The number of amides is 1. The molecule has 22 heavy (non-hydrogen) atoms. The lowest BCUT2D eigenvalue weighted by Gasteiger charge is -2.14. The van der Waals surface area contributed by atoms with E-state index in [0.29, 0.717) is 13.0 Å². The smallest absolute Gasteiger partial charge is 0.220 e. The quantitative estimate of drug-likeness (QED) is 0.852. The van der Waals surface area contributed by atoms with Crippen molar-refractivity contribution >= 4 is 5.91 Å². The summed E-state index contributed by atoms with van der Waals surface area (Å²) in [6, 6.07) is 18.4. The van der Waals surface area contributed by atoms with Crippen molar-refractivity contribution in [2.45, 2.75) is 25.9 Å². The number of benzene rings is 2. The molecule has 0 aliphatic carbocycles. The van der Waals surface area contributed by atoms with E-state index in [-0.39, 0.29) is 5.91 Å². The largest absolute Gasteiger partial charge is 0.352 e. The van der Waals surface area contributed by atoms with Gasteiger partial charge in [0.2, 0.25) is 5.91 Å². The van der Waals surface area contributed by atoms with Gasteiger partial charge in [-0.05, 0) is 37.2 Å². The molecule has 2 rings (SSSR count). The van der Waals surface area contributed by atoms with E-state index in [4.69, 9.17) is 0 Å². The van der Waals surface area contributed by atoms with Crippen LogP contribution in [0.3, 0.4) is 0 Å². The minimum Gasteiger partial charge on any atom is -0.352 e. The zero-order valence-corrected chi connectivity index (χ0v) is 13.4. The molecule has 0 aliphatic rings. The second kappa shape index (κ2) is 8.35. The van der Waals surface area contributed by atoms with Crippen LogP contribution in [-0.2, 0) is 24.3 Å². The van der Waals surface area contributed by atoms with Crippen LogP contribution in [0.2, 0.25) is 0 Å². The fourth-order valence-electron chi connectivity index (χ4n) is 2.41. The fourth-order valence-corrected chi connectivity index (χ4v) is 2.41. The Labute approximate surface area is 133 Å². The molecule has 1 N–H and O–H groups in total. The van der Waals surface area contributed by atoms with Gasteiger partial charge in [0.1, 0.15) is 0 Å². The third-order valence-electron chi connectivity index (χ3n) is 3.56. The molecule has 0 spiro atoms. The lowest BCUT2D eigenvalue weighted by molar-refractivity contribution is -0.121. The van der Waals surface area contributed by atoms with Crippen LogP contribution in [0, 0.1) is 0 Å². The van der Waals surface area contributed by atoms with Crippen molar-refractivity contribution in [3.8, 4) is 0 Å². The highest BCUT2D eigenvalue weighted by Crippen LogP contribution is 2.10. The van der Waals surface area contributed by atoms with Crippen LogP contribution >= 0.6 is 0 Å². The van der Waals surface area contributed by atoms with Crippen LogP contribution in [0.25, 0.3) is 0 Å². The molecule has 0 heterocycles. The predicted molar refractivity (Wildman–Crippen MR) is 90.4 cm³/mol. The first kappa shape index (κ1) is 16.2.